The fourth-order valence-corrected chi connectivity index (χ4v) is 0.849. The van der Waals surface area contributed by atoms with Gasteiger partial charge in [-0.15, -0.1) is 30.6 Å². The van der Waals surface area contributed by atoms with Gasteiger partial charge in [-0.1, -0.05) is 24.7 Å². The molecule has 0 aliphatic heterocycles. The van der Waals surface area contributed by atoms with E-state index in [4.69, 9.17) is 12.8 Å². The van der Waals surface area contributed by atoms with E-state index in [2.05, 4.69) is 35.5 Å². The van der Waals surface area contributed by atoms with Gasteiger partial charge in [0, 0.05) is 12.8 Å². The van der Waals surface area contributed by atoms with Crippen LogP contribution in [0.4, 0.5) is 0 Å². The van der Waals surface area contributed by atoms with Crippen molar-refractivity contribution in [1.82, 2.24) is 0 Å². The Hall–Kier alpha value is -1.76. The average molecular weight is 168 g/mol. The van der Waals surface area contributed by atoms with Crippen LogP contribution in [0.1, 0.15) is 26.7 Å². The van der Waals surface area contributed by atoms with Crippen LogP contribution < -0.4 is 0 Å². The van der Waals surface area contributed by atoms with E-state index in [-0.39, 0.29) is 0 Å². The van der Waals surface area contributed by atoms with Crippen molar-refractivity contribution in [1.29, 1.82) is 0 Å². The molecule has 1 unspecified atom stereocenters. The molecule has 13 heavy (non-hydrogen) atoms. The Morgan fingerprint density at radius 2 is 1.92 bits per heavy atom. The normalized spacial score (nSPS) is 11.7. The van der Waals surface area contributed by atoms with Crippen LogP contribution >= 0.6 is 0 Å². The van der Waals surface area contributed by atoms with E-state index in [1.807, 2.05) is 6.92 Å². The Balaban J connectivity index is 4.99. The highest BCUT2D eigenvalue weighted by Gasteiger charge is 2.20. The molecule has 64 valence electrons. The van der Waals surface area contributed by atoms with E-state index < -0.39 is 5.41 Å². The van der Waals surface area contributed by atoms with Gasteiger partial charge in [-0.05, 0) is 6.92 Å². The second-order valence-corrected chi connectivity index (χ2v) is 2.46. The van der Waals surface area contributed by atoms with Crippen LogP contribution in [0.2, 0.25) is 0 Å². The zero-order valence-electron chi connectivity index (χ0n) is 8.07. The third-order valence-electron chi connectivity index (χ3n) is 1.43. The zero-order valence-corrected chi connectivity index (χ0v) is 8.07. The quantitative estimate of drug-likeness (QED) is 0.526. The van der Waals surface area contributed by atoms with Gasteiger partial charge in [-0.2, -0.15) is 0 Å². The van der Waals surface area contributed by atoms with Crippen molar-refractivity contribution in [2.24, 2.45) is 5.41 Å². The topological polar surface area (TPSA) is 0 Å². The van der Waals surface area contributed by atoms with Crippen molar-refractivity contribution in [3.05, 3.63) is 0 Å². The number of hydrogen-bond acceptors (Lipinski definition) is 0. The van der Waals surface area contributed by atoms with Crippen molar-refractivity contribution in [3.63, 3.8) is 0 Å². The lowest BCUT2D eigenvalue weighted by Gasteiger charge is -2.10. The number of terminal acetylenes is 2. The highest BCUT2D eigenvalue weighted by Crippen LogP contribution is 2.18. The Kier molecular flexibility index (Phi) is 5.05. The Morgan fingerprint density at radius 1 is 1.23 bits per heavy atom. The first kappa shape index (κ1) is 11.2. The molecule has 0 heterocycles. The molecule has 0 aliphatic carbocycles. The van der Waals surface area contributed by atoms with E-state index in [1.165, 1.54) is 0 Å². The molecule has 0 fully saturated rings. The van der Waals surface area contributed by atoms with Gasteiger partial charge in [0.1, 0.15) is 0 Å². The maximum absolute atomic E-state index is 5.37. The van der Waals surface area contributed by atoms with Gasteiger partial charge in [-0.3, -0.25) is 0 Å². The minimum Gasteiger partial charge on any atom is -0.120 e. The van der Waals surface area contributed by atoms with E-state index in [0.29, 0.717) is 6.42 Å². The predicted molar refractivity (Wildman–Crippen MR) is 56.2 cm³/mol. The third kappa shape index (κ3) is 3.43. The SMILES string of the molecule is C#CCC(C#C)(C#CC)C#CCC. The maximum Gasteiger partial charge on any atom is 0.162 e. The Bertz CT molecular complexity index is 351. The van der Waals surface area contributed by atoms with Gasteiger partial charge in [0.05, 0.1) is 0 Å². The summed E-state index contributed by atoms with van der Waals surface area (Å²) in [6.07, 6.45) is 11.7. The molecule has 0 aromatic heterocycles. The van der Waals surface area contributed by atoms with Gasteiger partial charge in [-0.25, -0.2) is 0 Å². The van der Waals surface area contributed by atoms with Crippen molar-refractivity contribution < 1.29 is 0 Å². The summed E-state index contributed by atoms with van der Waals surface area (Å²) in [5.41, 5.74) is -0.737. The lowest BCUT2D eigenvalue weighted by atomic mass is 9.87. The van der Waals surface area contributed by atoms with Crippen LogP contribution in [0.15, 0.2) is 0 Å². The van der Waals surface area contributed by atoms with Crippen LogP contribution in [-0.4, -0.2) is 0 Å². The van der Waals surface area contributed by atoms with E-state index in [1.54, 1.807) is 6.92 Å². The summed E-state index contributed by atoms with van der Waals surface area (Å²) >= 11 is 0. The molecule has 0 bridgehead atoms. The van der Waals surface area contributed by atoms with Crippen LogP contribution in [0, 0.1) is 53.8 Å². The van der Waals surface area contributed by atoms with Crippen molar-refractivity contribution in [2.75, 3.05) is 0 Å². The van der Waals surface area contributed by atoms with Gasteiger partial charge in [0.2, 0.25) is 0 Å². The smallest absolute Gasteiger partial charge is 0.120 e. The highest BCUT2D eigenvalue weighted by atomic mass is 14.2. The highest BCUT2D eigenvalue weighted by molar-refractivity contribution is 5.38. The standard InChI is InChI=1S/C13H12/c1-5-9-12-13(8-4,10-6-2)11-7-3/h2,4H,5,10H2,1,3H3. The summed E-state index contributed by atoms with van der Waals surface area (Å²) in [5.74, 6) is 16.6. The van der Waals surface area contributed by atoms with Gasteiger partial charge in [0.25, 0.3) is 0 Å². The van der Waals surface area contributed by atoms with Gasteiger partial charge >= 0.3 is 0 Å². The van der Waals surface area contributed by atoms with Crippen molar-refractivity contribution in [2.45, 2.75) is 26.7 Å². The first-order chi connectivity index (χ1) is 6.24. The number of rotatable bonds is 1. The Labute approximate surface area is 81.1 Å². The zero-order chi connectivity index (χ0) is 10.2. The van der Waals surface area contributed by atoms with Crippen LogP contribution in [0.5, 0.6) is 0 Å². The summed E-state index contributed by atoms with van der Waals surface area (Å²) in [4.78, 5) is 0. The van der Waals surface area contributed by atoms with E-state index in [9.17, 15) is 0 Å². The molecule has 0 saturated heterocycles. The lowest BCUT2D eigenvalue weighted by Crippen LogP contribution is -2.12. The van der Waals surface area contributed by atoms with Crippen LogP contribution in [-0.2, 0) is 0 Å². The van der Waals surface area contributed by atoms with Crippen LogP contribution in [0.25, 0.3) is 0 Å². The monoisotopic (exact) mass is 168 g/mol. The summed E-state index contributed by atoms with van der Waals surface area (Å²) in [7, 11) is 0. The molecule has 0 spiro atoms. The van der Waals surface area contributed by atoms with Gasteiger partial charge < -0.3 is 0 Å². The molecule has 0 rings (SSSR count). The fourth-order valence-electron chi connectivity index (χ4n) is 0.849. The molecule has 0 saturated carbocycles. The first-order valence-corrected chi connectivity index (χ1v) is 4.10. The van der Waals surface area contributed by atoms with E-state index in [0.717, 1.165) is 6.42 Å². The average Bonchev–Trinajstić information content (AvgIpc) is 2.15. The molecule has 0 heteroatoms. The van der Waals surface area contributed by atoms with Gasteiger partial charge in [0.15, 0.2) is 5.41 Å². The second-order valence-electron chi connectivity index (χ2n) is 2.46. The second kappa shape index (κ2) is 5.84. The van der Waals surface area contributed by atoms with Crippen molar-refractivity contribution >= 4 is 0 Å². The number of hydrogen-bond donors (Lipinski definition) is 0. The molecule has 0 aliphatic rings. The largest absolute Gasteiger partial charge is 0.162 e. The molecule has 1 atom stereocenters. The lowest BCUT2D eigenvalue weighted by molar-refractivity contribution is 0.743. The molecular formula is C13H12. The molecule has 0 aromatic carbocycles. The minimum absolute atomic E-state index is 0.386. The molecule has 0 nitrogen and oxygen atoms in total. The molecule has 0 radical (unpaired) electrons. The predicted octanol–water partition coefficient (Wildman–Crippen LogP) is 2.07. The summed E-state index contributed by atoms with van der Waals surface area (Å²) < 4.78 is 0. The van der Waals surface area contributed by atoms with Crippen LogP contribution in [0.3, 0.4) is 0 Å². The maximum atomic E-state index is 5.37. The fraction of sp³-hybridized carbons (Fsp3) is 0.385. The summed E-state index contributed by atoms with van der Waals surface area (Å²) in [6.45, 7) is 3.69. The summed E-state index contributed by atoms with van der Waals surface area (Å²) in [6, 6.07) is 0. The molecule has 0 aromatic rings. The Morgan fingerprint density at radius 3 is 2.31 bits per heavy atom. The minimum atomic E-state index is -0.737. The first-order valence-electron chi connectivity index (χ1n) is 4.10. The summed E-state index contributed by atoms with van der Waals surface area (Å²) in [5, 5.41) is 0. The molecule has 0 N–H and O–H groups in total. The van der Waals surface area contributed by atoms with E-state index >= 15 is 0 Å². The molecular weight excluding hydrogens is 156 g/mol. The molecule has 0 amide bonds. The third-order valence-corrected chi connectivity index (χ3v) is 1.43. The van der Waals surface area contributed by atoms with Crippen molar-refractivity contribution in [3.8, 4) is 48.4 Å².